The fraction of sp³-hybridized carbons (Fsp3) is 0.700. The summed E-state index contributed by atoms with van der Waals surface area (Å²) in [4.78, 5) is 13.3. The van der Waals surface area contributed by atoms with Crippen LogP contribution in [0.25, 0.3) is 0 Å². The summed E-state index contributed by atoms with van der Waals surface area (Å²) in [5.74, 6) is 0.336. The molecule has 0 N–H and O–H groups in total. The monoisotopic (exact) mass is 165 g/mol. The molecule has 1 aliphatic heterocycles. The average Bonchev–Trinajstić information content (AvgIpc) is 2.53. The predicted octanol–water partition coefficient (Wildman–Crippen LogP) is 2.07. The van der Waals surface area contributed by atoms with E-state index < -0.39 is 0 Å². The molecule has 0 aromatic carbocycles. The number of carbonyl (C=O) groups is 1. The smallest absolute Gasteiger partial charge is 0.226 e. The maximum absolute atomic E-state index is 11.4. The molecule has 2 rings (SSSR count). The highest BCUT2D eigenvalue weighted by Gasteiger charge is 2.23. The third-order valence-corrected chi connectivity index (χ3v) is 2.69. The van der Waals surface area contributed by atoms with Crippen molar-refractivity contribution >= 4 is 5.91 Å². The van der Waals surface area contributed by atoms with Gasteiger partial charge in [-0.1, -0.05) is 6.08 Å². The summed E-state index contributed by atoms with van der Waals surface area (Å²) >= 11 is 0. The summed E-state index contributed by atoms with van der Waals surface area (Å²) in [6.45, 7) is 0.963. The third-order valence-electron chi connectivity index (χ3n) is 2.69. The summed E-state index contributed by atoms with van der Waals surface area (Å²) < 4.78 is 0. The van der Waals surface area contributed by atoms with Crippen molar-refractivity contribution in [3.63, 3.8) is 0 Å². The molecular formula is C10H15NO. The summed E-state index contributed by atoms with van der Waals surface area (Å²) in [6.07, 6.45) is 8.90. The molecule has 1 fully saturated rings. The number of hydrogen-bond acceptors (Lipinski definition) is 1. The van der Waals surface area contributed by atoms with Crippen molar-refractivity contribution in [3.05, 3.63) is 11.8 Å². The molecule has 0 aromatic heterocycles. The molecule has 0 unspecified atom stereocenters. The van der Waals surface area contributed by atoms with Crippen LogP contribution in [0.3, 0.4) is 0 Å². The SMILES string of the molecule is O=C1CCCN1C1=CCCCC1. The van der Waals surface area contributed by atoms with Crippen molar-refractivity contribution in [1.82, 2.24) is 4.90 Å². The molecule has 2 nitrogen and oxygen atoms in total. The zero-order valence-corrected chi connectivity index (χ0v) is 7.38. The van der Waals surface area contributed by atoms with Crippen LogP contribution < -0.4 is 0 Å². The Morgan fingerprint density at radius 2 is 2.08 bits per heavy atom. The predicted molar refractivity (Wildman–Crippen MR) is 47.5 cm³/mol. The van der Waals surface area contributed by atoms with Crippen LogP contribution in [-0.2, 0) is 4.79 Å². The Balaban J connectivity index is 2.07. The summed E-state index contributed by atoms with van der Waals surface area (Å²) in [7, 11) is 0. The van der Waals surface area contributed by atoms with Crippen LogP contribution in [0.1, 0.15) is 38.5 Å². The van der Waals surface area contributed by atoms with Crippen molar-refractivity contribution in [2.75, 3.05) is 6.54 Å². The first-order valence-corrected chi connectivity index (χ1v) is 4.87. The summed E-state index contributed by atoms with van der Waals surface area (Å²) in [5, 5.41) is 0. The minimum Gasteiger partial charge on any atom is -0.317 e. The molecule has 1 amide bonds. The standard InChI is InChI=1S/C10H15NO/c12-10-7-4-8-11(10)9-5-2-1-3-6-9/h5H,1-4,6-8H2. The lowest BCUT2D eigenvalue weighted by molar-refractivity contribution is -0.126. The van der Waals surface area contributed by atoms with Crippen LogP contribution in [0.15, 0.2) is 11.8 Å². The first-order chi connectivity index (χ1) is 5.88. The van der Waals surface area contributed by atoms with E-state index >= 15 is 0 Å². The van der Waals surface area contributed by atoms with Crippen molar-refractivity contribution < 1.29 is 4.79 Å². The second-order valence-corrected chi connectivity index (χ2v) is 3.59. The lowest BCUT2D eigenvalue weighted by atomic mass is 10.0. The highest BCUT2D eigenvalue weighted by molar-refractivity contribution is 5.79. The van der Waals surface area contributed by atoms with Gasteiger partial charge in [0.1, 0.15) is 0 Å². The van der Waals surface area contributed by atoms with Crippen LogP contribution in [0.2, 0.25) is 0 Å². The number of amides is 1. The van der Waals surface area contributed by atoms with E-state index in [1.54, 1.807) is 0 Å². The van der Waals surface area contributed by atoms with E-state index in [2.05, 4.69) is 6.08 Å². The molecule has 2 heteroatoms. The highest BCUT2D eigenvalue weighted by atomic mass is 16.2. The average molecular weight is 165 g/mol. The molecule has 0 spiro atoms. The Morgan fingerprint density at radius 1 is 1.17 bits per heavy atom. The van der Waals surface area contributed by atoms with Gasteiger partial charge in [0.2, 0.25) is 5.91 Å². The van der Waals surface area contributed by atoms with Crippen LogP contribution in [0.5, 0.6) is 0 Å². The van der Waals surface area contributed by atoms with Gasteiger partial charge in [-0.05, 0) is 32.1 Å². The number of rotatable bonds is 1. The first-order valence-electron chi connectivity index (χ1n) is 4.87. The van der Waals surface area contributed by atoms with E-state index in [4.69, 9.17) is 0 Å². The number of carbonyl (C=O) groups excluding carboxylic acids is 1. The quantitative estimate of drug-likeness (QED) is 0.582. The molecule has 0 radical (unpaired) electrons. The molecule has 1 aliphatic carbocycles. The Labute approximate surface area is 73.2 Å². The highest BCUT2D eigenvalue weighted by Crippen LogP contribution is 2.24. The minimum atomic E-state index is 0.336. The van der Waals surface area contributed by atoms with Crippen LogP contribution in [0.4, 0.5) is 0 Å². The second kappa shape index (κ2) is 3.30. The van der Waals surface area contributed by atoms with E-state index in [9.17, 15) is 4.79 Å². The second-order valence-electron chi connectivity index (χ2n) is 3.59. The Kier molecular flexibility index (Phi) is 2.15. The number of nitrogens with zero attached hydrogens (tertiary/aromatic N) is 1. The first kappa shape index (κ1) is 7.84. The topological polar surface area (TPSA) is 20.3 Å². The molecule has 1 saturated heterocycles. The van der Waals surface area contributed by atoms with Gasteiger partial charge in [0, 0.05) is 18.7 Å². The van der Waals surface area contributed by atoms with Gasteiger partial charge in [-0.3, -0.25) is 4.79 Å². The van der Waals surface area contributed by atoms with E-state index in [1.165, 1.54) is 25.0 Å². The number of allylic oxidation sites excluding steroid dienone is 2. The van der Waals surface area contributed by atoms with Crippen LogP contribution >= 0.6 is 0 Å². The van der Waals surface area contributed by atoms with E-state index in [-0.39, 0.29) is 0 Å². The molecule has 0 atom stereocenters. The van der Waals surface area contributed by atoms with E-state index in [1.807, 2.05) is 4.90 Å². The van der Waals surface area contributed by atoms with Crippen molar-refractivity contribution in [2.45, 2.75) is 38.5 Å². The van der Waals surface area contributed by atoms with Gasteiger partial charge in [-0.2, -0.15) is 0 Å². The number of likely N-dealkylation sites (tertiary alicyclic amines) is 1. The zero-order valence-electron chi connectivity index (χ0n) is 7.38. The van der Waals surface area contributed by atoms with Gasteiger partial charge < -0.3 is 4.90 Å². The lowest BCUT2D eigenvalue weighted by Crippen LogP contribution is -2.24. The van der Waals surface area contributed by atoms with Crippen molar-refractivity contribution in [3.8, 4) is 0 Å². The van der Waals surface area contributed by atoms with Crippen molar-refractivity contribution in [1.29, 1.82) is 0 Å². The van der Waals surface area contributed by atoms with Gasteiger partial charge >= 0.3 is 0 Å². The Morgan fingerprint density at radius 3 is 2.67 bits per heavy atom. The van der Waals surface area contributed by atoms with Gasteiger partial charge in [0.15, 0.2) is 0 Å². The maximum atomic E-state index is 11.4. The third kappa shape index (κ3) is 1.38. The molecule has 1 heterocycles. The number of hydrogen-bond donors (Lipinski definition) is 0. The maximum Gasteiger partial charge on any atom is 0.226 e. The molecule has 0 aromatic rings. The molecular weight excluding hydrogens is 150 g/mol. The Hall–Kier alpha value is -0.790. The van der Waals surface area contributed by atoms with Crippen LogP contribution in [-0.4, -0.2) is 17.4 Å². The Bertz CT molecular complexity index is 220. The fourth-order valence-electron chi connectivity index (χ4n) is 2.02. The van der Waals surface area contributed by atoms with E-state index in [0.29, 0.717) is 5.91 Å². The van der Waals surface area contributed by atoms with E-state index in [0.717, 1.165) is 25.8 Å². The largest absolute Gasteiger partial charge is 0.317 e. The molecule has 2 aliphatic rings. The van der Waals surface area contributed by atoms with Gasteiger partial charge in [-0.25, -0.2) is 0 Å². The van der Waals surface area contributed by atoms with Gasteiger partial charge in [-0.15, -0.1) is 0 Å². The summed E-state index contributed by atoms with van der Waals surface area (Å²) in [6, 6.07) is 0. The zero-order chi connectivity index (χ0) is 8.39. The fourth-order valence-corrected chi connectivity index (χ4v) is 2.02. The van der Waals surface area contributed by atoms with Crippen LogP contribution in [0, 0.1) is 0 Å². The van der Waals surface area contributed by atoms with Gasteiger partial charge in [0.25, 0.3) is 0 Å². The molecule has 66 valence electrons. The lowest BCUT2D eigenvalue weighted by Gasteiger charge is -2.22. The molecule has 0 bridgehead atoms. The summed E-state index contributed by atoms with van der Waals surface area (Å²) in [5.41, 5.74) is 1.30. The normalized spacial score (nSPS) is 24.5. The minimum absolute atomic E-state index is 0.336. The molecule has 12 heavy (non-hydrogen) atoms. The van der Waals surface area contributed by atoms with Gasteiger partial charge in [0.05, 0.1) is 0 Å². The van der Waals surface area contributed by atoms with Crippen molar-refractivity contribution in [2.24, 2.45) is 0 Å². The molecule has 0 saturated carbocycles.